The molecule has 0 bridgehead atoms. The van der Waals surface area contributed by atoms with Crippen LogP contribution in [-0.4, -0.2) is 56.4 Å². The largest absolute Gasteiger partial charge is 0.458 e. The molecule has 1 aliphatic heterocycles. The Morgan fingerprint density at radius 3 is 2.45 bits per heavy atom. The molecule has 5 aliphatic rings. The number of hydrogen-bond donors (Lipinski definition) is 4. The molecule has 0 saturated heterocycles. The van der Waals surface area contributed by atoms with Gasteiger partial charge >= 0.3 is 5.97 Å². The second kappa shape index (κ2) is 6.06. The molecule has 4 saturated carbocycles. The number of esters is 1. The lowest BCUT2D eigenvalue weighted by Crippen LogP contribution is -2.72. The minimum absolute atomic E-state index is 0.0900. The van der Waals surface area contributed by atoms with Crippen molar-refractivity contribution in [2.45, 2.75) is 88.6 Å². The molecule has 1 heterocycles. The van der Waals surface area contributed by atoms with Crippen molar-refractivity contribution in [3.05, 3.63) is 11.6 Å². The summed E-state index contributed by atoms with van der Waals surface area (Å²) in [6.45, 7) is 4.46. The summed E-state index contributed by atoms with van der Waals surface area (Å²) in [5.74, 6) is -0.454. The Bertz CT molecular complexity index is 764. The molecule has 6 heteroatoms. The van der Waals surface area contributed by atoms with Crippen LogP contribution in [-0.2, 0) is 9.53 Å². The molecule has 4 aliphatic carbocycles. The number of hydrogen-bond acceptors (Lipinski definition) is 6. The van der Waals surface area contributed by atoms with Gasteiger partial charge in [-0.15, -0.1) is 0 Å². The fourth-order valence-electron chi connectivity index (χ4n) is 8.49. The van der Waals surface area contributed by atoms with Crippen LogP contribution in [0.2, 0.25) is 0 Å². The SMILES string of the molecule is C[C@]12CCC3C(CC[C@]4(C)[C@@H](C5=CC(=O)OC5)CC[C@]34O)[C@@]1(O)[C@H](O)C[C@H](O)C2. The Morgan fingerprint density at radius 2 is 1.76 bits per heavy atom. The van der Waals surface area contributed by atoms with E-state index in [2.05, 4.69) is 6.92 Å². The van der Waals surface area contributed by atoms with Gasteiger partial charge in [-0.25, -0.2) is 4.79 Å². The van der Waals surface area contributed by atoms with E-state index in [-0.39, 0.29) is 35.6 Å². The summed E-state index contributed by atoms with van der Waals surface area (Å²) in [5.41, 5.74) is -2.12. The number of carbonyl (C=O) groups excluding carboxylic acids is 1. The first-order chi connectivity index (χ1) is 13.6. The van der Waals surface area contributed by atoms with E-state index < -0.39 is 28.8 Å². The molecule has 162 valence electrons. The van der Waals surface area contributed by atoms with Gasteiger partial charge < -0.3 is 25.2 Å². The van der Waals surface area contributed by atoms with Crippen molar-refractivity contribution in [2.75, 3.05) is 6.61 Å². The van der Waals surface area contributed by atoms with Crippen LogP contribution in [0.4, 0.5) is 0 Å². The van der Waals surface area contributed by atoms with Crippen LogP contribution in [0.1, 0.15) is 65.2 Å². The third-order valence-electron chi connectivity index (χ3n) is 10.0. The third-order valence-corrected chi connectivity index (χ3v) is 10.0. The molecule has 0 amide bonds. The molecule has 4 N–H and O–H groups in total. The quantitative estimate of drug-likeness (QED) is 0.494. The molecular formula is C23H34O6. The standard InChI is InChI=1S/C23H34O6/c1-20-6-3-16-17(23(20,28)18(25)10-14(24)11-20)4-7-21(2)15(5-8-22(16,21)27)13-9-19(26)29-12-13/h9,14-18,24-25,27-28H,3-8,10-12H2,1-2H3/t14-,15+,16?,17?,18+,20+,21+,22-,23+/m0/s1. The first-order valence-corrected chi connectivity index (χ1v) is 11.2. The molecule has 0 aromatic heterocycles. The monoisotopic (exact) mass is 406 g/mol. The molecule has 29 heavy (non-hydrogen) atoms. The average Bonchev–Trinajstić information content (AvgIpc) is 3.17. The van der Waals surface area contributed by atoms with Crippen LogP contribution in [0, 0.1) is 28.6 Å². The highest BCUT2D eigenvalue weighted by atomic mass is 16.5. The minimum Gasteiger partial charge on any atom is -0.458 e. The number of aliphatic hydroxyl groups excluding tert-OH is 2. The summed E-state index contributed by atoms with van der Waals surface area (Å²) >= 11 is 0. The number of carbonyl (C=O) groups is 1. The number of rotatable bonds is 1. The van der Waals surface area contributed by atoms with Crippen LogP contribution in [0.3, 0.4) is 0 Å². The van der Waals surface area contributed by atoms with Gasteiger partial charge in [-0.1, -0.05) is 13.8 Å². The van der Waals surface area contributed by atoms with Crippen molar-refractivity contribution >= 4 is 5.97 Å². The normalized spacial score (nSPS) is 56.8. The summed E-state index contributed by atoms with van der Waals surface area (Å²) in [6.07, 6.45) is 5.14. The van der Waals surface area contributed by atoms with Gasteiger partial charge in [0, 0.05) is 23.3 Å². The lowest BCUT2D eigenvalue weighted by atomic mass is 9.42. The van der Waals surface area contributed by atoms with Gasteiger partial charge in [0.25, 0.3) is 0 Å². The molecule has 6 nitrogen and oxygen atoms in total. The Morgan fingerprint density at radius 1 is 1.03 bits per heavy atom. The van der Waals surface area contributed by atoms with Crippen LogP contribution in [0.15, 0.2) is 11.6 Å². The van der Waals surface area contributed by atoms with Crippen LogP contribution < -0.4 is 0 Å². The first-order valence-electron chi connectivity index (χ1n) is 11.2. The highest BCUT2D eigenvalue weighted by Gasteiger charge is 2.72. The second-order valence-corrected chi connectivity index (χ2v) is 11.0. The predicted octanol–water partition coefficient (Wildman–Crippen LogP) is 1.69. The third kappa shape index (κ3) is 2.35. The van der Waals surface area contributed by atoms with E-state index in [0.717, 1.165) is 31.3 Å². The fraction of sp³-hybridized carbons (Fsp3) is 0.870. The Balaban J connectivity index is 1.51. The highest BCUT2D eigenvalue weighted by molar-refractivity contribution is 5.85. The number of aliphatic hydroxyl groups is 4. The van der Waals surface area contributed by atoms with Gasteiger partial charge in [-0.3, -0.25) is 0 Å². The number of cyclic esters (lactones) is 1. The minimum atomic E-state index is -1.28. The maximum atomic E-state index is 12.1. The van der Waals surface area contributed by atoms with E-state index in [0.29, 0.717) is 25.9 Å². The zero-order valence-electron chi connectivity index (χ0n) is 17.4. The van der Waals surface area contributed by atoms with E-state index in [1.807, 2.05) is 6.92 Å². The molecule has 0 radical (unpaired) electrons. The fourth-order valence-corrected chi connectivity index (χ4v) is 8.49. The first kappa shape index (κ1) is 20.0. The lowest BCUT2D eigenvalue weighted by molar-refractivity contribution is -0.293. The smallest absolute Gasteiger partial charge is 0.331 e. The van der Waals surface area contributed by atoms with Crippen molar-refractivity contribution in [3.63, 3.8) is 0 Å². The van der Waals surface area contributed by atoms with Crippen molar-refractivity contribution in [1.82, 2.24) is 0 Å². The van der Waals surface area contributed by atoms with Crippen molar-refractivity contribution in [1.29, 1.82) is 0 Å². The van der Waals surface area contributed by atoms with Crippen LogP contribution in [0.25, 0.3) is 0 Å². The van der Waals surface area contributed by atoms with Gasteiger partial charge in [-0.2, -0.15) is 0 Å². The van der Waals surface area contributed by atoms with Gasteiger partial charge in [0.05, 0.1) is 23.4 Å². The van der Waals surface area contributed by atoms with Gasteiger partial charge in [0.2, 0.25) is 0 Å². The zero-order chi connectivity index (χ0) is 20.8. The predicted molar refractivity (Wildman–Crippen MR) is 105 cm³/mol. The molecule has 9 atom stereocenters. The summed E-state index contributed by atoms with van der Waals surface area (Å²) in [4.78, 5) is 11.6. The molecule has 5 rings (SSSR count). The summed E-state index contributed by atoms with van der Waals surface area (Å²) in [7, 11) is 0. The van der Waals surface area contributed by atoms with Crippen LogP contribution in [0.5, 0.6) is 0 Å². The number of fused-ring (bicyclic) bond motifs is 5. The summed E-state index contributed by atoms with van der Waals surface area (Å²) in [6, 6.07) is 0. The number of ether oxygens (including phenoxy) is 1. The maximum absolute atomic E-state index is 12.1. The summed E-state index contributed by atoms with van der Waals surface area (Å²) < 4.78 is 5.16. The van der Waals surface area contributed by atoms with E-state index in [1.54, 1.807) is 6.08 Å². The van der Waals surface area contributed by atoms with Gasteiger partial charge in [0.15, 0.2) is 0 Å². The van der Waals surface area contributed by atoms with E-state index in [1.165, 1.54) is 0 Å². The second-order valence-electron chi connectivity index (χ2n) is 11.0. The van der Waals surface area contributed by atoms with Gasteiger partial charge in [-0.05, 0) is 68.3 Å². The summed E-state index contributed by atoms with van der Waals surface area (Å²) in [5, 5.41) is 45.2. The highest BCUT2D eigenvalue weighted by Crippen LogP contribution is 2.70. The molecule has 4 fully saturated rings. The van der Waals surface area contributed by atoms with Crippen LogP contribution >= 0.6 is 0 Å². The Hall–Kier alpha value is -0.950. The molecule has 0 spiro atoms. The average molecular weight is 407 g/mol. The van der Waals surface area contributed by atoms with Gasteiger partial charge in [0.1, 0.15) is 6.61 Å². The molecular weight excluding hydrogens is 372 g/mol. The molecule has 0 aromatic carbocycles. The molecule has 0 aromatic rings. The topological polar surface area (TPSA) is 107 Å². The Kier molecular flexibility index (Phi) is 4.17. The van der Waals surface area contributed by atoms with E-state index >= 15 is 0 Å². The van der Waals surface area contributed by atoms with Crippen molar-refractivity contribution in [2.24, 2.45) is 28.6 Å². The zero-order valence-corrected chi connectivity index (χ0v) is 17.4. The van der Waals surface area contributed by atoms with E-state index in [9.17, 15) is 25.2 Å². The lowest BCUT2D eigenvalue weighted by Gasteiger charge is -2.66. The van der Waals surface area contributed by atoms with E-state index in [4.69, 9.17) is 4.74 Å². The van der Waals surface area contributed by atoms with Crippen molar-refractivity contribution in [3.8, 4) is 0 Å². The maximum Gasteiger partial charge on any atom is 0.331 e. The molecule has 2 unspecified atom stereocenters. The van der Waals surface area contributed by atoms with Crippen molar-refractivity contribution < 1.29 is 30.0 Å². The Labute approximate surface area is 172 Å².